The van der Waals surface area contributed by atoms with Crippen molar-refractivity contribution in [2.24, 2.45) is 11.7 Å². The van der Waals surface area contributed by atoms with Crippen molar-refractivity contribution in [2.45, 2.75) is 19.4 Å². The number of para-hydroxylation sites is 1. The molecule has 1 amide bonds. The standard InChI is InChI=1S/C15H18N2O2/c1-10-6-11(7-16)8-17(10)15(18)13-9-19-14-5-3-2-4-12(13)14/h2-5,9-11H,6-8,16H2,1H3. The lowest BCUT2D eigenvalue weighted by Crippen LogP contribution is -2.34. The summed E-state index contributed by atoms with van der Waals surface area (Å²) >= 11 is 0. The molecule has 0 aliphatic carbocycles. The van der Waals surface area contributed by atoms with Gasteiger partial charge in [-0.2, -0.15) is 0 Å². The van der Waals surface area contributed by atoms with Gasteiger partial charge in [-0.15, -0.1) is 0 Å². The summed E-state index contributed by atoms with van der Waals surface area (Å²) in [6.45, 7) is 3.46. The Morgan fingerprint density at radius 1 is 1.47 bits per heavy atom. The van der Waals surface area contributed by atoms with Gasteiger partial charge in [-0.3, -0.25) is 4.79 Å². The van der Waals surface area contributed by atoms with Gasteiger partial charge < -0.3 is 15.1 Å². The summed E-state index contributed by atoms with van der Waals surface area (Å²) in [6, 6.07) is 7.87. The van der Waals surface area contributed by atoms with Gasteiger partial charge in [0.25, 0.3) is 5.91 Å². The predicted molar refractivity (Wildman–Crippen MR) is 73.9 cm³/mol. The zero-order valence-corrected chi connectivity index (χ0v) is 11.0. The summed E-state index contributed by atoms with van der Waals surface area (Å²) in [5, 5.41) is 0.885. The maximum atomic E-state index is 12.6. The molecule has 2 aromatic rings. The Morgan fingerprint density at radius 3 is 3.00 bits per heavy atom. The summed E-state index contributed by atoms with van der Waals surface area (Å²) in [7, 11) is 0. The lowest BCUT2D eigenvalue weighted by molar-refractivity contribution is 0.0744. The number of likely N-dealkylation sites (tertiary alicyclic amines) is 1. The van der Waals surface area contributed by atoms with Gasteiger partial charge in [0.05, 0.1) is 5.56 Å². The molecule has 100 valence electrons. The fourth-order valence-corrected chi connectivity index (χ4v) is 2.89. The van der Waals surface area contributed by atoms with Crippen molar-refractivity contribution < 1.29 is 9.21 Å². The van der Waals surface area contributed by atoms with Crippen molar-refractivity contribution in [2.75, 3.05) is 13.1 Å². The quantitative estimate of drug-likeness (QED) is 0.898. The lowest BCUT2D eigenvalue weighted by Gasteiger charge is -2.20. The molecule has 4 heteroatoms. The van der Waals surface area contributed by atoms with Crippen LogP contribution in [0, 0.1) is 5.92 Å². The molecule has 1 aliphatic rings. The highest BCUT2D eigenvalue weighted by Crippen LogP contribution is 2.27. The Balaban J connectivity index is 1.92. The molecule has 0 saturated carbocycles. The van der Waals surface area contributed by atoms with E-state index < -0.39 is 0 Å². The van der Waals surface area contributed by atoms with E-state index in [0.717, 1.165) is 23.9 Å². The highest BCUT2D eigenvalue weighted by molar-refractivity contribution is 6.06. The normalized spacial score (nSPS) is 23.2. The molecule has 2 heterocycles. The fourth-order valence-electron chi connectivity index (χ4n) is 2.89. The first-order valence-electron chi connectivity index (χ1n) is 6.68. The molecule has 2 unspecified atom stereocenters. The largest absolute Gasteiger partial charge is 0.463 e. The highest BCUT2D eigenvalue weighted by atomic mass is 16.3. The SMILES string of the molecule is CC1CC(CN)CN1C(=O)c1coc2ccccc12. The van der Waals surface area contributed by atoms with Crippen LogP contribution in [-0.2, 0) is 0 Å². The van der Waals surface area contributed by atoms with Gasteiger partial charge in [0, 0.05) is 18.0 Å². The van der Waals surface area contributed by atoms with Gasteiger partial charge in [0.15, 0.2) is 0 Å². The van der Waals surface area contributed by atoms with E-state index in [4.69, 9.17) is 10.2 Å². The lowest BCUT2D eigenvalue weighted by atomic mass is 10.1. The molecule has 0 spiro atoms. The number of hydrogen-bond donors (Lipinski definition) is 1. The molecule has 0 bridgehead atoms. The van der Waals surface area contributed by atoms with Gasteiger partial charge in [-0.05, 0) is 31.9 Å². The Labute approximate surface area is 112 Å². The van der Waals surface area contributed by atoms with Gasteiger partial charge in [-0.1, -0.05) is 18.2 Å². The Morgan fingerprint density at radius 2 is 2.26 bits per heavy atom. The maximum Gasteiger partial charge on any atom is 0.257 e. The van der Waals surface area contributed by atoms with Crippen molar-refractivity contribution in [3.05, 3.63) is 36.1 Å². The first kappa shape index (κ1) is 12.2. The van der Waals surface area contributed by atoms with Crippen molar-refractivity contribution in [1.82, 2.24) is 4.90 Å². The molecule has 4 nitrogen and oxygen atoms in total. The van der Waals surface area contributed by atoms with E-state index in [9.17, 15) is 4.79 Å². The number of nitrogens with two attached hydrogens (primary N) is 1. The van der Waals surface area contributed by atoms with E-state index in [0.29, 0.717) is 18.0 Å². The van der Waals surface area contributed by atoms with Gasteiger partial charge in [0.2, 0.25) is 0 Å². The summed E-state index contributed by atoms with van der Waals surface area (Å²) in [5.41, 5.74) is 7.12. The van der Waals surface area contributed by atoms with Gasteiger partial charge >= 0.3 is 0 Å². The van der Waals surface area contributed by atoms with Crippen LogP contribution in [0.2, 0.25) is 0 Å². The van der Waals surface area contributed by atoms with Crippen LogP contribution in [0.15, 0.2) is 34.9 Å². The summed E-state index contributed by atoms with van der Waals surface area (Å²) in [5.74, 6) is 0.463. The number of furan rings is 1. The number of fused-ring (bicyclic) bond motifs is 1. The van der Waals surface area contributed by atoms with Crippen LogP contribution in [0.25, 0.3) is 11.0 Å². The highest BCUT2D eigenvalue weighted by Gasteiger charge is 2.33. The van der Waals surface area contributed by atoms with E-state index in [-0.39, 0.29) is 11.9 Å². The van der Waals surface area contributed by atoms with Gasteiger partial charge in [0.1, 0.15) is 11.8 Å². The number of hydrogen-bond acceptors (Lipinski definition) is 3. The second-order valence-electron chi connectivity index (χ2n) is 5.29. The molecular formula is C15H18N2O2. The molecule has 1 aromatic heterocycles. The van der Waals surface area contributed by atoms with E-state index in [1.54, 1.807) is 6.26 Å². The topological polar surface area (TPSA) is 59.5 Å². The predicted octanol–water partition coefficient (Wildman–Crippen LogP) is 2.24. The first-order valence-corrected chi connectivity index (χ1v) is 6.68. The molecule has 2 atom stereocenters. The summed E-state index contributed by atoms with van der Waals surface area (Å²) < 4.78 is 5.45. The summed E-state index contributed by atoms with van der Waals surface area (Å²) in [6.07, 6.45) is 2.55. The minimum atomic E-state index is 0.0494. The van der Waals surface area contributed by atoms with E-state index >= 15 is 0 Å². The average Bonchev–Trinajstić information content (AvgIpc) is 3.01. The zero-order chi connectivity index (χ0) is 13.4. The Hall–Kier alpha value is -1.81. The second-order valence-corrected chi connectivity index (χ2v) is 5.29. The maximum absolute atomic E-state index is 12.6. The van der Waals surface area contributed by atoms with Crippen LogP contribution in [0.3, 0.4) is 0 Å². The van der Waals surface area contributed by atoms with Gasteiger partial charge in [-0.25, -0.2) is 0 Å². The van der Waals surface area contributed by atoms with Crippen molar-refractivity contribution in [1.29, 1.82) is 0 Å². The van der Waals surface area contributed by atoms with Crippen LogP contribution in [0.1, 0.15) is 23.7 Å². The smallest absolute Gasteiger partial charge is 0.257 e. The number of benzene rings is 1. The average molecular weight is 258 g/mol. The molecule has 1 fully saturated rings. The third-order valence-electron chi connectivity index (χ3n) is 3.97. The molecular weight excluding hydrogens is 240 g/mol. The molecule has 0 radical (unpaired) electrons. The second kappa shape index (κ2) is 4.70. The Bertz CT molecular complexity index is 605. The van der Waals surface area contributed by atoms with Crippen LogP contribution in [0.5, 0.6) is 0 Å². The zero-order valence-electron chi connectivity index (χ0n) is 11.0. The fraction of sp³-hybridized carbons (Fsp3) is 0.400. The van der Waals surface area contributed by atoms with Crippen molar-refractivity contribution in [3.8, 4) is 0 Å². The van der Waals surface area contributed by atoms with E-state index in [1.165, 1.54) is 0 Å². The minimum absolute atomic E-state index is 0.0494. The van der Waals surface area contributed by atoms with Crippen LogP contribution in [0.4, 0.5) is 0 Å². The van der Waals surface area contributed by atoms with Crippen molar-refractivity contribution >= 4 is 16.9 Å². The molecule has 3 rings (SSSR count). The number of nitrogens with zero attached hydrogens (tertiary/aromatic N) is 1. The van der Waals surface area contributed by atoms with Crippen LogP contribution < -0.4 is 5.73 Å². The number of amides is 1. The van der Waals surface area contributed by atoms with E-state index in [1.807, 2.05) is 29.2 Å². The monoisotopic (exact) mass is 258 g/mol. The third kappa shape index (κ3) is 2.02. The summed E-state index contributed by atoms with van der Waals surface area (Å²) in [4.78, 5) is 14.5. The third-order valence-corrected chi connectivity index (χ3v) is 3.97. The van der Waals surface area contributed by atoms with E-state index in [2.05, 4.69) is 6.92 Å². The van der Waals surface area contributed by atoms with Crippen molar-refractivity contribution in [3.63, 3.8) is 0 Å². The molecule has 1 saturated heterocycles. The number of carbonyl (C=O) groups excluding carboxylic acids is 1. The van der Waals surface area contributed by atoms with Crippen LogP contribution >= 0.6 is 0 Å². The minimum Gasteiger partial charge on any atom is -0.463 e. The first-order chi connectivity index (χ1) is 9.20. The number of carbonyl (C=O) groups is 1. The Kier molecular flexibility index (Phi) is 3.03. The van der Waals surface area contributed by atoms with Crippen LogP contribution in [-0.4, -0.2) is 29.9 Å². The number of rotatable bonds is 2. The molecule has 1 aromatic carbocycles. The molecule has 2 N–H and O–H groups in total. The molecule has 19 heavy (non-hydrogen) atoms. The molecule has 1 aliphatic heterocycles.